The van der Waals surface area contributed by atoms with Crippen LogP contribution in [-0.2, 0) is 16.0 Å². The molecule has 0 aliphatic heterocycles. The van der Waals surface area contributed by atoms with E-state index in [1.54, 1.807) is 0 Å². The fourth-order valence-corrected chi connectivity index (χ4v) is 0.949. The molecule has 0 aromatic carbocycles. The minimum absolute atomic E-state index is 0.245. The highest BCUT2D eigenvalue weighted by Gasteiger charge is 2.38. The van der Waals surface area contributed by atoms with Crippen LogP contribution in [0, 0.1) is 0 Å². The van der Waals surface area contributed by atoms with Gasteiger partial charge in [-0.25, -0.2) is 0 Å². The zero-order chi connectivity index (χ0) is 11.5. The molecule has 82 valence electrons. The predicted molar refractivity (Wildman–Crippen MR) is 43.1 cm³/mol. The SMILES string of the molecule is O=C(CC(=O)C(F)(F)F)Cc1ccco1. The van der Waals surface area contributed by atoms with E-state index in [9.17, 15) is 22.8 Å². The lowest BCUT2D eigenvalue weighted by atomic mass is 10.1. The Labute approximate surface area is 82.9 Å². The van der Waals surface area contributed by atoms with Crippen molar-refractivity contribution in [2.45, 2.75) is 19.0 Å². The van der Waals surface area contributed by atoms with E-state index < -0.39 is 24.2 Å². The Hall–Kier alpha value is -1.59. The molecule has 0 atom stereocenters. The van der Waals surface area contributed by atoms with Gasteiger partial charge >= 0.3 is 6.18 Å². The number of rotatable bonds is 4. The second-order valence-corrected chi connectivity index (χ2v) is 2.89. The van der Waals surface area contributed by atoms with Gasteiger partial charge in [0.05, 0.1) is 19.1 Å². The minimum atomic E-state index is -4.95. The standard InChI is InChI=1S/C9H7F3O3/c10-9(11,12)8(14)5-6(13)4-7-2-1-3-15-7/h1-3H,4-5H2. The van der Waals surface area contributed by atoms with Crippen LogP contribution in [0.4, 0.5) is 13.2 Å². The van der Waals surface area contributed by atoms with Crippen LogP contribution >= 0.6 is 0 Å². The molecule has 0 bridgehead atoms. The van der Waals surface area contributed by atoms with E-state index in [4.69, 9.17) is 4.42 Å². The molecule has 3 nitrogen and oxygen atoms in total. The van der Waals surface area contributed by atoms with E-state index in [1.807, 2.05) is 0 Å². The average Bonchev–Trinajstić information content (AvgIpc) is 2.54. The van der Waals surface area contributed by atoms with Crippen molar-refractivity contribution in [3.05, 3.63) is 24.2 Å². The Balaban J connectivity index is 2.47. The van der Waals surface area contributed by atoms with Gasteiger partial charge in [0.2, 0.25) is 5.78 Å². The van der Waals surface area contributed by atoms with Gasteiger partial charge in [0.1, 0.15) is 11.5 Å². The molecule has 0 radical (unpaired) electrons. The summed E-state index contributed by atoms with van der Waals surface area (Å²) in [4.78, 5) is 21.4. The van der Waals surface area contributed by atoms with E-state index in [2.05, 4.69) is 0 Å². The largest absolute Gasteiger partial charge is 0.469 e. The highest BCUT2D eigenvalue weighted by atomic mass is 19.4. The first kappa shape index (κ1) is 11.5. The quantitative estimate of drug-likeness (QED) is 0.728. The minimum Gasteiger partial charge on any atom is -0.469 e. The van der Waals surface area contributed by atoms with E-state index in [-0.39, 0.29) is 12.2 Å². The van der Waals surface area contributed by atoms with Gasteiger partial charge in [0.15, 0.2) is 0 Å². The van der Waals surface area contributed by atoms with Crippen LogP contribution in [0.5, 0.6) is 0 Å². The van der Waals surface area contributed by atoms with Crippen molar-refractivity contribution in [2.24, 2.45) is 0 Å². The molecular weight excluding hydrogens is 213 g/mol. The normalized spacial score (nSPS) is 11.4. The Morgan fingerprint density at radius 2 is 2.00 bits per heavy atom. The van der Waals surface area contributed by atoms with Gasteiger partial charge in [0, 0.05) is 0 Å². The molecule has 0 N–H and O–H groups in total. The molecule has 0 fully saturated rings. The summed E-state index contributed by atoms with van der Waals surface area (Å²) in [5.74, 6) is -2.60. The summed E-state index contributed by atoms with van der Waals surface area (Å²) < 4.78 is 40.0. The predicted octanol–water partition coefficient (Wildman–Crippen LogP) is 1.91. The van der Waals surface area contributed by atoms with Crippen LogP contribution in [0.1, 0.15) is 12.2 Å². The lowest BCUT2D eigenvalue weighted by Gasteiger charge is -2.03. The second kappa shape index (κ2) is 4.29. The fourth-order valence-electron chi connectivity index (χ4n) is 0.949. The number of ketones is 2. The number of hydrogen-bond donors (Lipinski definition) is 0. The first-order chi connectivity index (χ1) is 6.89. The molecule has 1 heterocycles. The maximum absolute atomic E-state index is 11.8. The van der Waals surface area contributed by atoms with Crippen LogP contribution < -0.4 is 0 Å². The Morgan fingerprint density at radius 3 is 2.47 bits per heavy atom. The van der Waals surface area contributed by atoms with Crippen LogP contribution in [0.15, 0.2) is 22.8 Å². The van der Waals surface area contributed by atoms with Crippen molar-refractivity contribution in [3.8, 4) is 0 Å². The summed E-state index contributed by atoms with van der Waals surface area (Å²) in [7, 11) is 0. The number of alkyl halides is 3. The summed E-state index contributed by atoms with van der Waals surface area (Å²) in [6.45, 7) is 0. The maximum Gasteiger partial charge on any atom is 0.450 e. The van der Waals surface area contributed by atoms with Crippen molar-refractivity contribution in [2.75, 3.05) is 0 Å². The smallest absolute Gasteiger partial charge is 0.450 e. The maximum atomic E-state index is 11.8. The van der Waals surface area contributed by atoms with Crippen molar-refractivity contribution in [1.82, 2.24) is 0 Å². The van der Waals surface area contributed by atoms with Crippen molar-refractivity contribution >= 4 is 11.6 Å². The first-order valence-electron chi connectivity index (χ1n) is 4.03. The summed E-state index contributed by atoms with van der Waals surface area (Å²) in [5, 5.41) is 0. The van der Waals surface area contributed by atoms with Gasteiger partial charge in [0.25, 0.3) is 0 Å². The fraction of sp³-hybridized carbons (Fsp3) is 0.333. The summed E-state index contributed by atoms with van der Waals surface area (Å²) in [6, 6.07) is 2.96. The third-order valence-electron chi connectivity index (χ3n) is 1.63. The van der Waals surface area contributed by atoms with Crippen LogP contribution in [0.3, 0.4) is 0 Å². The summed E-state index contributed by atoms with van der Waals surface area (Å²) in [5.41, 5.74) is 0. The van der Waals surface area contributed by atoms with Gasteiger partial charge in [-0.15, -0.1) is 0 Å². The third kappa shape index (κ3) is 3.57. The zero-order valence-electron chi connectivity index (χ0n) is 7.50. The number of hydrogen-bond acceptors (Lipinski definition) is 3. The van der Waals surface area contributed by atoms with Gasteiger partial charge in [-0.05, 0) is 12.1 Å². The van der Waals surface area contributed by atoms with Crippen LogP contribution in [0.25, 0.3) is 0 Å². The topological polar surface area (TPSA) is 47.3 Å². The first-order valence-corrected chi connectivity index (χ1v) is 4.03. The highest BCUT2D eigenvalue weighted by molar-refractivity contribution is 6.02. The van der Waals surface area contributed by atoms with E-state index in [0.717, 1.165) is 0 Å². The van der Waals surface area contributed by atoms with Crippen molar-refractivity contribution < 1.29 is 27.2 Å². The molecule has 0 unspecified atom stereocenters. The summed E-state index contributed by atoms with van der Waals surface area (Å²) >= 11 is 0. The number of furan rings is 1. The molecule has 0 saturated heterocycles. The molecule has 0 aliphatic rings. The van der Waals surface area contributed by atoms with Crippen LogP contribution in [0.2, 0.25) is 0 Å². The molecule has 6 heteroatoms. The van der Waals surface area contributed by atoms with E-state index in [0.29, 0.717) is 0 Å². The number of carbonyl (C=O) groups excluding carboxylic acids is 2. The number of Topliss-reactive ketones (excluding diaryl/α,β-unsaturated/α-hetero) is 2. The van der Waals surface area contributed by atoms with Crippen molar-refractivity contribution in [1.29, 1.82) is 0 Å². The summed E-state index contributed by atoms with van der Waals surface area (Å²) in [6.07, 6.45) is -5.08. The Kier molecular flexibility index (Phi) is 3.28. The van der Waals surface area contributed by atoms with Gasteiger partial charge in [-0.2, -0.15) is 13.2 Å². The lowest BCUT2D eigenvalue weighted by molar-refractivity contribution is -0.171. The van der Waals surface area contributed by atoms with Crippen LogP contribution in [-0.4, -0.2) is 17.7 Å². The van der Waals surface area contributed by atoms with E-state index >= 15 is 0 Å². The van der Waals surface area contributed by atoms with E-state index in [1.165, 1.54) is 18.4 Å². The van der Waals surface area contributed by atoms with Crippen molar-refractivity contribution in [3.63, 3.8) is 0 Å². The second-order valence-electron chi connectivity index (χ2n) is 2.89. The molecule has 1 rings (SSSR count). The average molecular weight is 220 g/mol. The number of halogens is 3. The molecule has 0 saturated carbocycles. The Bertz CT molecular complexity index is 351. The molecule has 1 aromatic heterocycles. The molecule has 0 aliphatic carbocycles. The number of carbonyl (C=O) groups is 2. The van der Waals surface area contributed by atoms with Gasteiger partial charge in [-0.3, -0.25) is 9.59 Å². The monoisotopic (exact) mass is 220 g/mol. The molecule has 15 heavy (non-hydrogen) atoms. The van der Waals surface area contributed by atoms with Gasteiger partial charge < -0.3 is 4.42 Å². The molecule has 0 spiro atoms. The zero-order valence-corrected chi connectivity index (χ0v) is 7.50. The Morgan fingerprint density at radius 1 is 1.33 bits per heavy atom. The molecule has 1 aromatic rings. The lowest BCUT2D eigenvalue weighted by Crippen LogP contribution is -2.25. The van der Waals surface area contributed by atoms with Gasteiger partial charge in [-0.1, -0.05) is 0 Å². The highest BCUT2D eigenvalue weighted by Crippen LogP contribution is 2.18. The third-order valence-corrected chi connectivity index (χ3v) is 1.63. The molecule has 0 amide bonds. The molecular formula is C9H7F3O3.